The van der Waals surface area contributed by atoms with Gasteiger partial charge in [-0.2, -0.15) is 0 Å². The van der Waals surface area contributed by atoms with Gasteiger partial charge in [-0.05, 0) is 56.4 Å². The molecule has 1 saturated heterocycles. The molecule has 112 valence electrons. The summed E-state index contributed by atoms with van der Waals surface area (Å²) in [6.07, 6.45) is 2.17. The summed E-state index contributed by atoms with van der Waals surface area (Å²) in [4.78, 5) is 14.7. The molecule has 0 aromatic heterocycles. The van der Waals surface area contributed by atoms with Crippen molar-refractivity contribution in [1.82, 2.24) is 4.90 Å². The number of nitrogens with two attached hydrogens (primary N) is 1. The van der Waals surface area contributed by atoms with Crippen molar-refractivity contribution in [3.05, 3.63) is 34.9 Å². The first-order valence-electron chi connectivity index (χ1n) is 7.63. The van der Waals surface area contributed by atoms with Crippen molar-refractivity contribution >= 4 is 5.91 Å². The van der Waals surface area contributed by atoms with E-state index in [1.165, 1.54) is 0 Å². The number of likely N-dealkylation sites (tertiary alicyclic amines) is 1. The third-order valence-corrected chi connectivity index (χ3v) is 4.06. The Balaban J connectivity index is 2.24. The molecule has 2 unspecified atom stereocenters. The topological polar surface area (TPSA) is 46.3 Å². The summed E-state index contributed by atoms with van der Waals surface area (Å²) in [7, 11) is 0. The SMILES string of the molecule is Cc1cc(C#CCN)cc(C(=O)N2CCC(C)CC2C)c1. The van der Waals surface area contributed by atoms with Crippen molar-refractivity contribution in [2.75, 3.05) is 13.1 Å². The van der Waals surface area contributed by atoms with E-state index in [2.05, 4.69) is 25.7 Å². The smallest absolute Gasteiger partial charge is 0.254 e. The molecule has 0 saturated carbocycles. The van der Waals surface area contributed by atoms with Crippen LogP contribution < -0.4 is 5.73 Å². The maximum Gasteiger partial charge on any atom is 0.254 e. The lowest BCUT2D eigenvalue weighted by molar-refractivity contribution is 0.0588. The summed E-state index contributed by atoms with van der Waals surface area (Å²) in [5.74, 6) is 6.68. The number of carbonyl (C=O) groups excluding carboxylic acids is 1. The average Bonchev–Trinajstić information content (AvgIpc) is 2.44. The molecule has 2 atom stereocenters. The number of piperidine rings is 1. The van der Waals surface area contributed by atoms with Crippen LogP contribution in [0.4, 0.5) is 0 Å². The number of hydrogen-bond acceptors (Lipinski definition) is 2. The molecule has 0 bridgehead atoms. The minimum Gasteiger partial charge on any atom is -0.336 e. The van der Waals surface area contributed by atoms with Crippen molar-refractivity contribution in [1.29, 1.82) is 0 Å². The summed E-state index contributed by atoms with van der Waals surface area (Å²) in [5, 5.41) is 0. The summed E-state index contributed by atoms with van der Waals surface area (Å²) >= 11 is 0. The van der Waals surface area contributed by atoms with Gasteiger partial charge in [-0.25, -0.2) is 0 Å². The quantitative estimate of drug-likeness (QED) is 0.806. The number of amides is 1. The number of benzene rings is 1. The van der Waals surface area contributed by atoms with E-state index in [1.54, 1.807) is 0 Å². The number of hydrogen-bond donors (Lipinski definition) is 1. The molecule has 1 aromatic carbocycles. The Morgan fingerprint density at radius 2 is 2.14 bits per heavy atom. The van der Waals surface area contributed by atoms with Crippen LogP contribution >= 0.6 is 0 Å². The highest BCUT2D eigenvalue weighted by atomic mass is 16.2. The highest BCUT2D eigenvalue weighted by Crippen LogP contribution is 2.24. The molecule has 1 aromatic rings. The second-order valence-electron chi connectivity index (χ2n) is 6.07. The molecule has 21 heavy (non-hydrogen) atoms. The van der Waals surface area contributed by atoms with E-state index in [4.69, 9.17) is 5.73 Å². The summed E-state index contributed by atoms with van der Waals surface area (Å²) < 4.78 is 0. The molecule has 2 rings (SSSR count). The fourth-order valence-electron chi connectivity index (χ4n) is 3.01. The predicted octanol–water partition coefficient (Wildman–Crippen LogP) is 2.57. The molecule has 1 aliphatic rings. The highest BCUT2D eigenvalue weighted by molar-refractivity contribution is 5.95. The molecular weight excluding hydrogens is 260 g/mol. The largest absolute Gasteiger partial charge is 0.336 e. The third kappa shape index (κ3) is 3.86. The fourth-order valence-corrected chi connectivity index (χ4v) is 3.01. The van der Waals surface area contributed by atoms with Crippen molar-refractivity contribution in [2.45, 2.75) is 39.7 Å². The zero-order valence-electron chi connectivity index (χ0n) is 13.1. The van der Waals surface area contributed by atoms with Crippen LogP contribution in [0.2, 0.25) is 0 Å². The van der Waals surface area contributed by atoms with Gasteiger partial charge in [0.05, 0.1) is 6.54 Å². The van der Waals surface area contributed by atoms with E-state index in [0.29, 0.717) is 18.5 Å². The molecule has 0 radical (unpaired) electrons. The van der Waals surface area contributed by atoms with Crippen LogP contribution in [0.15, 0.2) is 18.2 Å². The van der Waals surface area contributed by atoms with Gasteiger partial charge in [0, 0.05) is 23.7 Å². The van der Waals surface area contributed by atoms with E-state index in [9.17, 15) is 4.79 Å². The molecule has 1 heterocycles. The maximum atomic E-state index is 12.7. The van der Waals surface area contributed by atoms with Gasteiger partial charge in [0.25, 0.3) is 5.91 Å². The van der Waals surface area contributed by atoms with Gasteiger partial charge in [0.15, 0.2) is 0 Å². The minimum atomic E-state index is 0.119. The Hall–Kier alpha value is -1.79. The number of nitrogens with zero attached hydrogens (tertiary/aromatic N) is 1. The van der Waals surface area contributed by atoms with Crippen LogP contribution in [-0.2, 0) is 0 Å². The first kappa shape index (κ1) is 15.6. The van der Waals surface area contributed by atoms with Crippen LogP contribution in [0.3, 0.4) is 0 Å². The van der Waals surface area contributed by atoms with Crippen LogP contribution in [0.5, 0.6) is 0 Å². The molecule has 3 nitrogen and oxygen atoms in total. The lowest BCUT2D eigenvalue weighted by atomic mass is 9.92. The van der Waals surface area contributed by atoms with Gasteiger partial charge in [-0.1, -0.05) is 18.8 Å². The van der Waals surface area contributed by atoms with E-state index in [1.807, 2.05) is 30.0 Å². The molecule has 0 aliphatic carbocycles. The number of aryl methyl sites for hydroxylation is 1. The standard InChI is InChI=1S/C18H24N2O/c1-13-6-8-20(15(3)9-13)18(21)17-11-14(2)10-16(12-17)5-4-7-19/h10-13,15H,6-9,19H2,1-3H3. The van der Waals surface area contributed by atoms with Crippen LogP contribution in [0, 0.1) is 24.7 Å². The predicted molar refractivity (Wildman–Crippen MR) is 86.0 cm³/mol. The molecule has 1 amide bonds. The minimum absolute atomic E-state index is 0.119. The second kappa shape index (κ2) is 6.78. The van der Waals surface area contributed by atoms with E-state index in [-0.39, 0.29) is 5.91 Å². The normalized spacial score (nSPS) is 21.6. The lowest BCUT2D eigenvalue weighted by Gasteiger charge is -2.36. The summed E-state index contributed by atoms with van der Waals surface area (Å²) in [5.41, 5.74) is 8.06. The van der Waals surface area contributed by atoms with Crippen LogP contribution in [-0.4, -0.2) is 29.9 Å². The first-order valence-corrected chi connectivity index (χ1v) is 7.63. The summed E-state index contributed by atoms with van der Waals surface area (Å²) in [6, 6.07) is 6.12. The Morgan fingerprint density at radius 1 is 1.38 bits per heavy atom. The molecule has 2 N–H and O–H groups in total. The van der Waals surface area contributed by atoms with Gasteiger partial charge in [-0.15, -0.1) is 0 Å². The number of carbonyl (C=O) groups is 1. The lowest BCUT2D eigenvalue weighted by Crippen LogP contribution is -2.44. The second-order valence-corrected chi connectivity index (χ2v) is 6.07. The number of rotatable bonds is 1. The van der Waals surface area contributed by atoms with E-state index >= 15 is 0 Å². The highest BCUT2D eigenvalue weighted by Gasteiger charge is 2.27. The Labute approximate surface area is 127 Å². The van der Waals surface area contributed by atoms with Gasteiger partial charge < -0.3 is 10.6 Å². The van der Waals surface area contributed by atoms with Gasteiger partial charge in [0.1, 0.15) is 0 Å². The van der Waals surface area contributed by atoms with Gasteiger partial charge in [-0.3, -0.25) is 4.79 Å². The zero-order valence-corrected chi connectivity index (χ0v) is 13.1. The first-order chi connectivity index (χ1) is 10.0. The average molecular weight is 284 g/mol. The van der Waals surface area contributed by atoms with Gasteiger partial charge in [0.2, 0.25) is 0 Å². The Kier molecular flexibility index (Phi) is 5.03. The molecule has 1 aliphatic heterocycles. The summed E-state index contributed by atoms with van der Waals surface area (Å²) in [6.45, 7) is 7.56. The van der Waals surface area contributed by atoms with Gasteiger partial charge >= 0.3 is 0 Å². The third-order valence-electron chi connectivity index (χ3n) is 4.06. The van der Waals surface area contributed by atoms with Crippen molar-refractivity contribution in [2.24, 2.45) is 11.7 Å². The Bertz CT molecular complexity index is 583. The zero-order chi connectivity index (χ0) is 15.4. The van der Waals surface area contributed by atoms with Crippen LogP contribution in [0.25, 0.3) is 0 Å². The molecule has 3 heteroatoms. The maximum absolute atomic E-state index is 12.7. The fraction of sp³-hybridized carbons (Fsp3) is 0.500. The van der Waals surface area contributed by atoms with Crippen molar-refractivity contribution < 1.29 is 4.79 Å². The van der Waals surface area contributed by atoms with Crippen LogP contribution in [0.1, 0.15) is 48.2 Å². The molecule has 1 fully saturated rings. The van der Waals surface area contributed by atoms with Crippen molar-refractivity contribution in [3.8, 4) is 11.8 Å². The molecule has 0 spiro atoms. The monoisotopic (exact) mass is 284 g/mol. The van der Waals surface area contributed by atoms with Crippen molar-refractivity contribution in [3.63, 3.8) is 0 Å². The van der Waals surface area contributed by atoms with E-state index < -0.39 is 0 Å². The molecular formula is C18H24N2O. The Morgan fingerprint density at radius 3 is 2.81 bits per heavy atom. The van der Waals surface area contributed by atoms with E-state index in [0.717, 1.165) is 36.1 Å².